The van der Waals surface area contributed by atoms with Gasteiger partial charge < -0.3 is 5.11 Å². The van der Waals surface area contributed by atoms with Crippen molar-refractivity contribution < 1.29 is 5.11 Å². The molecule has 112 valence electrons. The van der Waals surface area contributed by atoms with Crippen LogP contribution in [-0.4, -0.2) is 22.6 Å². The van der Waals surface area contributed by atoms with E-state index in [0.29, 0.717) is 0 Å². The lowest BCUT2D eigenvalue weighted by atomic mass is 10.1. The van der Waals surface area contributed by atoms with Crippen LogP contribution in [0.25, 0.3) is 0 Å². The van der Waals surface area contributed by atoms with Gasteiger partial charge in [0.1, 0.15) is 0 Å². The van der Waals surface area contributed by atoms with E-state index in [9.17, 15) is 5.11 Å². The lowest BCUT2D eigenvalue weighted by Crippen LogP contribution is -2.27. The van der Waals surface area contributed by atoms with E-state index in [-0.39, 0.29) is 6.10 Å². The highest BCUT2D eigenvalue weighted by molar-refractivity contribution is 9.10. The lowest BCUT2D eigenvalue weighted by molar-refractivity contribution is 0.137. The first kappa shape index (κ1) is 15.2. The normalized spacial score (nSPS) is 16.3. The molecule has 0 bridgehead atoms. The number of hydrogen-bond donors (Lipinski definition) is 1. The van der Waals surface area contributed by atoms with Crippen LogP contribution < -0.4 is 0 Å². The number of aliphatic hydroxyl groups is 1. The van der Waals surface area contributed by atoms with E-state index in [4.69, 9.17) is 0 Å². The van der Waals surface area contributed by atoms with Gasteiger partial charge in [-0.05, 0) is 59.3 Å². The summed E-state index contributed by atoms with van der Waals surface area (Å²) in [6.45, 7) is 1.97. The van der Waals surface area contributed by atoms with Gasteiger partial charge in [-0.1, -0.05) is 28.1 Å². The van der Waals surface area contributed by atoms with Crippen LogP contribution in [0.5, 0.6) is 0 Å². The van der Waals surface area contributed by atoms with Crippen LogP contribution >= 0.6 is 27.3 Å². The Labute approximate surface area is 138 Å². The highest BCUT2D eigenvalue weighted by Crippen LogP contribution is 2.30. The van der Waals surface area contributed by atoms with Crippen LogP contribution in [-0.2, 0) is 6.54 Å². The van der Waals surface area contributed by atoms with Crippen LogP contribution in [0.1, 0.15) is 36.5 Å². The van der Waals surface area contributed by atoms with E-state index in [2.05, 4.69) is 37.7 Å². The molecule has 0 saturated heterocycles. The van der Waals surface area contributed by atoms with E-state index in [0.717, 1.165) is 35.6 Å². The molecule has 1 fully saturated rings. The molecule has 1 aliphatic rings. The van der Waals surface area contributed by atoms with Crippen molar-refractivity contribution >= 4 is 27.3 Å². The van der Waals surface area contributed by atoms with Crippen LogP contribution in [0.15, 0.2) is 45.6 Å². The molecule has 21 heavy (non-hydrogen) atoms. The molecule has 1 aromatic carbocycles. The Balaban J connectivity index is 1.56. The number of nitrogens with zero attached hydrogens (tertiary/aromatic N) is 1. The second-order valence-electron chi connectivity index (χ2n) is 5.69. The molecule has 3 rings (SSSR count). The fraction of sp³-hybridized carbons (Fsp3) is 0.412. The Morgan fingerprint density at radius 1 is 1.33 bits per heavy atom. The predicted molar refractivity (Wildman–Crippen MR) is 91.5 cm³/mol. The monoisotopic (exact) mass is 365 g/mol. The van der Waals surface area contributed by atoms with Crippen molar-refractivity contribution in [2.75, 3.05) is 6.54 Å². The van der Waals surface area contributed by atoms with Gasteiger partial charge in [-0.25, -0.2) is 0 Å². The standard InChI is InChI=1S/C17H20BrNOS/c18-15-3-1-2-14(10-15)17(20)6-8-19(16-4-5-16)11-13-7-9-21-12-13/h1-3,7,9-10,12,16-17,20H,4-6,8,11H2. The molecular formula is C17H20BrNOS. The van der Waals surface area contributed by atoms with Gasteiger partial charge in [0.2, 0.25) is 0 Å². The maximum absolute atomic E-state index is 10.4. The van der Waals surface area contributed by atoms with Gasteiger partial charge in [0.25, 0.3) is 0 Å². The Morgan fingerprint density at radius 3 is 2.86 bits per heavy atom. The van der Waals surface area contributed by atoms with Crippen LogP contribution in [0.2, 0.25) is 0 Å². The molecule has 4 heteroatoms. The molecule has 0 aliphatic heterocycles. The second kappa shape index (κ2) is 7.05. The Kier molecular flexibility index (Phi) is 5.11. The minimum absolute atomic E-state index is 0.383. The molecule has 2 nitrogen and oxygen atoms in total. The molecule has 2 aromatic rings. The van der Waals surface area contributed by atoms with Crippen molar-refractivity contribution in [1.29, 1.82) is 0 Å². The summed E-state index contributed by atoms with van der Waals surface area (Å²) in [4.78, 5) is 2.52. The van der Waals surface area contributed by atoms with Gasteiger partial charge in [-0.3, -0.25) is 4.90 Å². The molecular weight excluding hydrogens is 346 g/mol. The molecule has 0 spiro atoms. The van der Waals surface area contributed by atoms with Gasteiger partial charge >= 0.3 is 0 Å². The molecule has 1 heterocycles. The third-order valence-electron chi connectivity index (χ3n) is 3.95. The van der Waals surface area contributed by atoms with Crippen molar-refractivity contribution in [2.24, 2.45) is 0 Å². The van der Waals surface area contributed by atoms with Gasteiger partial charge in [0.15, 0.2) is 0 Å². The average Bonchev–Trinajstić information content (AvgIpc) is 3.20. The third kappa shape index (κ3) is 4.39. The fourth-order valence-electron chi connectivity index (χ4n) is 2.62. The van der Waals surface area contributed by atoms with Crippen molar-refractivity contribution in [3.05, 3.63) is 56.7 Å². The molecule has 0 radical (unpaired) electrons. The predicted octanol–water partition coefficient (Wildman–Crippen LogP) is 4.60. The summed E-state index contributed by atoms with van der Waals surface area (Å²) in [6.07, 6.45) is 3.01. The van der Waals surface area contributed by atoms with E-state index >= 15 is 0 Å². The average molecular weight is 366 g/mol. The molecule has 1 aliphatic carbocycles. The topological polar surface area (TPSA) is 23.5 Å². The Bertz CT molecular complexity index is 568. The van der Waals surface area contributed by atoms with Gasteiger partial charge in [-0.2, -0.15) is 11.3 Å². The highest BCUT2D eigenvalue weighted by Gasteiger charge is 2.29. The van der Waals surface area contributed by atoms with Crippen molar-refractivity contribution in [3.8, 4) is 0 Å². The van der Waals surface area contributed by atoms with E-state index in [1.54, 1.807) is 11.3 Å². The van der Waals surface area contributed by atoms with Gasteiger partial charge in [0.05, 0.1) is 6.10 Å². The molecule has 0 amide bonds. The smallest absolute Gasteiger partial charge is 0.0802 e. The highest BCUT2D eigenvalue weighted by atomic mass is 79.9. The van der Waals surface area contributed by atoms with E-state index < -0.39 is 0 Å². The lowest BCUT2D eigenvalue weighted by Gasteiger charge is -2.23. The number of aliphatic hydroxyl groups excluding tert-OH is 1. The first-order chi connectivity index (χ1) is 10.2. The third-order valence-corrected chi connectivity index (χ3v) is 5.18. The quantitative estimate of drug-likeness (QED) is 0.774. The SMILES string of the molecule is OC(CCN(Cc1ccsc1)C1CC1)c1cccc(Br)c1. The first-order valence-corrected chi connectivity index (χ1v) is 9.14. The molecule has 1 saturated carbocycles. The Hall–Kier alpha value is -0.680. The summed E-state index contributed by atoms with van der Waals surface area (Å²) < 4.78 is 1.02. The first-order valence-electron chi connectivity index (χ1n) is 7.41. The van der Waals surface area contributed by atoms with Crippen molar-refractivity contribution in [2.45, 2.75) is 38.0 Å². The summed E-state index contributed by atoms with van der Waals surface area (Å²) in [5, 5.41) is 14.7. The summed E-state index contributed by atoms with van der Waals surface area (Å²) in [7, 11) is 0. The number of thiophene rings is 1. The zero-order valence-corrected chi connectivity index (χ0v) is 14.3. The van der Waals surface area contributed by atoms with Crippen LogP contribution in [0.3, 0.4) is 0 Å². The maximum Gasteiger partial charge on any atom is 0.0802 e. The zero-order chi connectivity index (χ0) is 14.7. The van der Waals surface area contributed by atoms with Gasteiger partial charge in [0, 0.05) is 23.6 Å². The summed E-state index contributed by atoms with van der Waals surface area (Å²) >= 11 is 5.22. The van der Waals surface area contributed by atoms with Crippen molar-refractivity contribution in [1.82, 2.24) is 4.90 Å². The fourth-order valence-corrected chi connectivity index (χ4v) is 3.69. The largest absolute Gasteiger partial charge is 0.388 e. The van der Waals surface area contributed by atoms with Gasteiger partial charge in [-0.15, -0.1) is 0 Å². The summed E-state index contributed by atoms with van der Waals surface area (Å²) in [5.74, 6) is 0. The molecule has 1 aromatic heterocycles. The zero-order valence-electron chi connectivity index (χ0n) is 11.9. The summed E-state index contributed by atoms with van der Waals surface area (Å²) in [5.41, 5.74) is 2.39. The number of rotatable bonds is 7. The van der Waals surface area contributed by atoms with E-state index in [1.165, 1.54) is 18.4 Å². The number of halogens is 1. The maximum atomic E-state index is 10.4. The minimum Gasteiger partial charge on any atom is -0.388 e. The number of benzene rings is 1. The van der Waals surface area contributed by atoms with Crippen molar-refractivity contribution in [3.63, 3.8) is 0 Å². The summed E-state index contributed by atoms with van der Waals surface area (Å²) in [6, 6.07) is 10.9. The van der Waals surface area contributed by atoms with Crippen LogP contribution in [0.4, 0.5) is 0 Å². The molecule has 1 N–H and O–H groups in total. The number of hydrogen-bond acceptors (Lipinski definition) is 3. The second-order valence-corrected chi connectivity index (χ2v) is 7.39. The Morgan fingerprint density at radius 2 is 2.19 bits per heavy atom. The van der Waals surface area contributed by atoms with Crippen LogP contribution in [0, 0.1) is 0 Å². The molecule has 1 atom stereocenters. The minimum atomic E-state index is -0.383. The van der Waals surface area contributed by atoms with E-state index in [1.807, 2.05) is 24.3 Å². The molecule has 1 unspecified atom stereocenters.